The fourth-order valence-electron chi connectivity index (χ4n) is 2.45. The Morgan fingerprint density at radius 2 is 2.12 bits per heavy atom. The number of amides is 1. The highest BCUT2D eigenvalue weighted by atomic mass is 19.1. The molecule has 0 aliphatic rings. The smallest absolute Gasteiger partial charge is 0.276 e. The summed E-state index contributed by atoms with van der Waals surface area (Å²) in [6, 6.07) is 9.82. The highest BCUT2D eigenvalue weighted by Crippen LogP contribution is 2.12. The molecule has 25 heavy (non-hydrogen) atoms. The maximum absolute atomic E-state index is 13.7. The highest BCUT2D eigenvalue weighted by molar-refractivity contribution is 6.03. The number of aromatic nitrogens is 5. The molecular formula is C17H13FN6O. The van der Waals surface area contributed by atoms with Gasteiger partial charge in [-0.2, -0.15) is 10.2 Å². The van der Waals surface area contributed by atoms with Crippen molar-refractivity contribution in [2.45, 2.75) is 6.54 Å². The molecule has 0 saturated heterocycles. The molecule has 0 spiro atoms. The summed E-state index contributed by atoms with van der Waals surface area (Å²) in [4.78, 5) is 16.4. The number of halogens is 1. The second kappa shape index (κ2) is 6.16. The van der Waals surface area contributed by atoms with E-state index in [1.54, 1.807) is 53.6 Å². The second-order valence-corrected chi connectivity index (χ2v) is 5.42. The normalized spacial score (nSPS) is 10.9. The van der Waals surface area contributed by atoms with Crippen molar-refractivity contribution in [3.8, 4) is 0 Å². The lowest BCUT2D eigenvalue weighted by atomic mass is 10.2. The van der Waals surface area contributed by atoms with E-state index >= 15 is 0 Å². The molecule has 124 valence electrons. The largest absolute Gasteiger partial charge is 0.318 e. The van der Waals surface area contributed by atoms with Gasteiger partial charge < -0.3 is 5.32 Å². The maximum Gasteiger partial charge on any atom is 0.276 e. The maximum atomic E-state index is 13.7. The molecular weight excluding hydrogens is 323 g/mol. The molecule has 0 aliphatic carbocycles. The fourth-order valence-corrected chi connectivity index (χ4v) is 2.45. The first-order valence-electron chi connectivity index (χ1n) is 7.57. The van der Waals surface area contributed by atoms with Crippen LogP contribution in [-0.2, 0) is 6.54 Å². The summed E-state index contributed by atoms with van der Waals surface area (Å²) < 4.78 is 16.8. The molecule has 0 radical (unpaired) electrons. The van der Waals surface area contributed by atoms with Crippen molar-refractivity contribution in [2.24, 2.45) is 0 Å². The van der Waals surface area contributed by atoms with Crippen molar-refractivity contribution in [1.82, 2.24) is 24.4 Å². The van der Waals surface area contributed by atoms with E-state index in [-0.39, 0.29) is 24.0 Å². The molecule has 4 aromatic rings. The molecule has 8 heteroatoms. The first kappa shape index (κ1) is 15.0. The van der Waals surface area contributed by atoms with Crippen molar-refractivity contribution in [3.05, 3.63) is 78.3 Å². The van der Waals surface area contributed by atoms with Gasteiger partial charge in [-0.25, -0.2) is 13.9 Å². The monoisotopic (exact) mass is 336 g/mol. The lowest BCUT2D eigenvalue weighted by molar-refractivity contribution is 0.102. The number of nitrogens with one attached hydrogen (secondary N) is 1. The summed E-state index contributed by atoms with van der Waals surface area (Å²) in [6.07, 6.45) is 6.49. The van der Waals surface area contributed by atoms with E-state index in [4.69, 9.17) is 0 Å². The summed E-state index contributed by atoms with van der Waals surface area (Å²) >= 11 is 0. The van der Waals surface area contributed by atoms with Crippen molar-refractivity contribution in [2.75, 3.05) is 5.32 Å². The third-order valence-corrected chi connectivity index (χ3v) is 3.65. The lowest BCUT2D eigenvalue weighted by Crippen LogP contribution is -2.12. The Morgan fingerprint density at radius 1 is 1.24 bits per heavy atom. The number of rotatable bonds is 4. The van der Waals surface area contributed by atoms with Gasteiger partial charge in [0.25, 0.3) is 5.91 Å². The topological polar surface area (TPSA) is 77.1 Å². The fraction of sp³-hybridized carbons (Fsp3) is 0.0588. The molecule has 0 aliphatic heterocycles. The third-order valence-electron chi connectivity index (χ3n) is 3.65. The molecule has 3 heterocycles. The standard InChI is InChI=1S/C17H13FN6O/c18-14-5-2-1-4-12(14)10-23-11-13(9-20-23)21-17(25)15-8-16-19-6-3-7-24(16)22-15/h1-9,11H,10H2,(H,21,25). The first-order valence-corrected chi connectivity index (χ1v) is 7.57. The number of fused-ring (bicyclic) bond motifs is 1. The first-order chi connectivity index (χ1) is 12.2. The van der Waals surface area contributed by atoms with Crippen molar-refractivity contribution >= 4 is 17.2 Å². The summed E-state index contributed by atoms with van der Waals surface area (Å²) in [6.45, 7) is 0.279. The van der Waals surface area contributed by atoms with Gasteiger partial charge in [-0.15, -0.1) is 0 Å². The molecule has 0 fully saturated rings. The zero-order valence-corrected chi connectivity index (χ0v) is 13.0. The minimum Gasteiger partial charge on any atom is -0.318 e. The van der Waals surface area contributed by atoms with Crippen molar-refractivity contribution in [3.63, 3.8) is 0 Å². The number of carbonyl (C=O) groups excluding carboxylic acids is 1. The van der Waals surface area contributed by atoms with Gasteiger partial charge in [0.15, 0.2) is 11.3 Å². The molecule has 1 amide bonds. The molecule has 0 unspecified atom stereocenters. The number of hydrogen-bond acceptors (Lipinski definition) is 4. The van der Waals surface area contributed by atoms with E-state index in [0.717, 1.165) is 0 Å². The van der Waals surface area contributed by atoms with Crippen molar-refractivity contribution < 1.29 is 9.18 Å². The summed E-state index contributed by atoms with van der Waals surface area (Å²) in [5, 5.41) is 11.0. The van der Waals surface area contributed by atoms with Gasteiger partial charge in [-0.1, -0.05) is 18.2 Å². The molecule has 1 aromatic carbocycles. The summed E-state index contributed by atoms with van der Waals surface area (Å²) in [5.74, 6) is -0.656. The SMILES string of the molecule is O=C(Nc1cnn(Cc2ccccc2F)c1)c1cc2ncccn2n1. The zero-order chi connectivity index (χ0) is 17.2. The van der Waals surface area contributed by atoms with E-state index in [2.05, 4.69) is 20.5 Å². The van der Waals surface area contributed by atoms with Gasteiger partial charge in [-0.3, -0.25) is 9.48 Å². The minimum atomic E-state index is -0.365. The van der Waals surface area contributed by atoms with Crippen LogP contribution in [-0.4, -0.2) is 30.3 Å². The Kier molecular flexibility index (Phi) is 3.70. The number of anilines is 1. The Bertz CT molecular complexity index is 1020. The molecule has 0 atom stereocenters. The van der Waals surface area contributed by atoms with Crippen LogP contribution in [0.2, 0.25) is 0 Å². The number of nitrogens with zero attached hydrogens (tertiary/aromatic N) is 5. The summed E-state index contributed by atoms with van der Waals surface area (Å²) in [7, 11) is 0. The van der Waals surface area contributed by atoms with E-state index in [9.17, 15) is 9.18 Å². The molecule has 7 nitrogen and oxygen atoms in total. The van der Waals surface area contributed by atoms with Crippen LogP contribution < -0.4 is 5.32 Å². The lowest BCUT2D eigenvalue weighted by Gasteiger charge is -2.03. The zero-order valence-electron chi connectivity index (χ0n) is 13.0. The molecule has 0 saturated carbocycles. The van der Waals surface area contributed by atoms with Gasteiger partial charge in [0, 0.05) is 30.2 Å². The van der Waals surface area contributed by atoms with E-state index in [1.165, 1.54) is 16.8 Å². The van der Waals surface area contributed by atoms with Crippen LogP contribution in [0.1, 0.15) is 16.1 Å². The Labute approximate surface area is 141 Å². The van der Waals surface area contributed by atoms with Crippen molar-refractivity contribution in [1.29, 1.82) is 0 Å². The number of hydrogen-bond donors (Lipinski definition) is 1. The summed E-state index contributed by atoms with van der Waals surface area (Å²) in [5.41, 5.74) is 1.87. The van der Waals surface area contributed by atoms with Gasteiger partial charge in [0.2, 0.25) is 0 Å². The predicted octanol–water partition coefficient (Wildman–Crippen LogP) is 2.37. The van der Waals surface area contributed by atoms with Crippen LogP contribution in [0.4, 0.5) is 10.1 Å². The van der Waals surface area contributed by atoms with Crippen LogP contribution in [0.5, 0.6) is 0 Å². The van der Waals surface area contributed by atoms with Gasteiger partial charge >= 0.3 is 0 Å². The molecule has 3 aromatic heterocycles. The van der Waals surface area contributed by atoms with E-state index in [1.807, 2.05) is 0 Å². The second-order valence-electron chi connectivity index (χ2n) is 5.42. The van der Waals surface area contributed by atoms with Crippen LogP contribution in [0.25, 0.3) is 5.65 Å². The average Bonchev–Trinajstić information content (AvgIpc) is 3.23. The number of carbonyl (C=O) groups is 1. The minimum absolute atomic E-state index is 0.251. The quantitative estimate of drug-likeness (QED) is 0.621. The van der Waals surface area contributed by atoms with Crippen LogP contribution in [0, 0.1) is 5.82 Å². The molecule has 4 rings (SSSR count). The van der Waals surface area contributed by atoms with Gasteiger partial charge in [-0.05, 0) is 12.1 Å². The van der Waals surface area contributed by atoms with Crippen LogP contribution in [0.3, 0.4) is 0 Å². The number of benzene rings is 1. The van der Waals surface area contributed by atoms with E-state index < -0.39 is 0 Å². The Balaban J connectivity index is 1.49. The van der Waals surface area contributed by atoms with Crippen LogP contribution in [0.15, 0.2) is 61.2 Å². The van der Waals surface area contributed by atoms with Gasteiger partial charge in [0.05, 0.1) is 18.4 Å². The Hall–Kier alpha value is -3.55. The average molecular weight is 336 g/mol. The highest BCUT2D eigenvalue weighted by Gasteiger charge is 2.13. The predicted molar refractivity (Wildman–Crippen MR) is 88.7 cm³/mol. The Morgan fingerprint density at radius 3 is 2.96 bits per heavy atom. The molecule has 1 N–H and O–H groups in total. The molecule has 0 bridgehead atoms. The van der Waals surface area contributed by atoms with Crippen LogP contribution >= 0.6 is 0 Å². The van der Waals surface area contributed by atoms with Gasteiger partial charge in [0.1, 0.15) is 5.82 Å². The van der Waals surface area contributed by atoms with E-state index in [0.29, 0.717) is 16.9 Å². The third kappa shape index (κ3) is 3.09.